The Morgan fingerprint density at radius 1 is 0.950 bits per heavy atom. The van der Waals surface area contributed by atoms with Crippen molar-refractivity contribution < 1.29 is 22.8 Å². The van der Waals surface area contributed by atoms with Crippen molar-refractivity contribution in [3.05, 3.63) is 101 Å². The zero-order chi connectivity index (χ0) is 28.7. The number of nitrogens with zero attached hydrogens (tertiary/aromatic N) is 2. The molecule has 1 aliphatic rings. The van der Waals surface area contributed by atoms with Crippen molar-refractivity contribution in [2.75, 3.05) is 13.1 Å². The third kappa shape index (κ3) is 6.71. The van der Waals surface area contributed by atoms with E-state index in [0.717, 1.165) is 28.3 Å². The standard InChI is InChI=1S/C30H32ClN3O5S/c1-2-3-18-32-29(36)26(20-22-9-5-4-6-10-22)33(21-23-13-15-24(31)16-14-23)28(35)17-19-34-30(37)25-11-7-8-12-27(25)40(34,38)39/h4-16,26H,2-3,17-21H2,1H3,(H,32,36). The Hall–Kier alpha value is -3.69. The van der Waals surface area contributed by atoms with Crippen LogP contribution in [0.25, 0.3) is 0 Å². The van der Waals surface area contributed by atoms with Gasteiger partial charge in [0.1, 0.15) is 10.9 Å². The zero-order valence-corrected chi connectivity index (χ0v) is 23.8. The molecule has 3 aromatic rings. The Balaban J connectivity index is 1.62. The molecule has 10 heteroatoms. The fourth-order valence-corrected chi connectivity index (χ4v) is 6.34. The summed E-state index contributed by atoms with van der Waals surface area (Å²) >= 11 is 6.06. The Kier molecular flexibility index (Phi) is 9.60. The average Bonchev–Trinajstić information content (AvgIpc) is 3.15. The van der Waals surface area contributed by atoms with E-state index in [1.807, 2.05) is 37.3 Å². The topological polar surface area (TPSA) is 104 Å². The van der Waals surface area contributed by atoms with Crippen LogP contribution in [0.4, 0.5) is 0 Å². The Bertz CT molecular complexity index is 1460. The number of carbonyl (C=O) groups excluding carboxylic acids is 3. The fraction of sp³-hybridized carbons (Fsp3) is 0.300. The van der Waals surface area contributed by atoms with Gasteiger partial charge in [-0.25, -0.2) is 12.7 Å². The number of nitrogens with one attached hydrogen (secondary N) is 1. The van der Waals surface area contributed by atoms with Crippen LogP contribution in [0.1, 0.15) is 47.7 Å². The lowest BCUT2D eigenvalue weighted by atomic mass is 10.0. The van der Waals surface area contributed by atoms with Crippen molar-refractivity contribution in [3.8, 4) is 0 Å². The van der Waals surface area contributed by atoms with Crippen LogP contribution in [0.2, 0.25) is 5.02 Å². The highest BCUT2D eigenvalue weighted by atomic mass is 35.5. The van der Waals surface area contributed by atoms with Gasteiger partial charge in [0, 0.05) is 37.5 Å². The summed E-state index contributed by atoms with van der Waals surface area (Å²) in [5, 5.41) is 3.49. The normalized spacial score (nSPS) is 14.4. The molecule has 8 nitrogen and oxygen atoms in total. The van der Waals surface area contributed by atoms with Crippen molar-refractivity contribution in [1.29, 1.82) is 0 Å². The SMILES string of the molecule is CCCCNC(=O)C(Cc1ccccc1)N(Cc1ccc(Cl)cc1)C(=O)CCN1C(=O)c2ccccc2S1(=O)=O. The van der Waals surface area contributed by atoms with Crippen LogP contribution in [-0.4, -0.2) is 54.5 Å². The maximum absolute atomic E-state index is 13.8. The summed E-state index contributed by atoms with van der Waals surface area (Å²) in [5.41, 5.74) is 1.72. The van der Waals surface area contributed by atoms with E-state index in [-0.39, 0.29) is 42.3 Å². The van der Waals surface area contributed by atoms with Crippen molar-refractivity contribution in [3.63, 3.8) is 0 Å². The monoisotopic (exact) mass is 581 g/mol. The molecule has 0 saturated heterocycles. The van der Waals surface area contributed by atoms with E-state index in [0.29, 0.717) is 11.6 Å². The number of hydrogen-bond donors (Lipinski definition) is 1. The number of sulfonamides is 1. The minimum Gasteiger partial charge on any atom is -0.354 e. The molecule has 1 N–H and O–H groups in total. The molecule has 4 rings (SSSR count). The molecule has 3 aromatic carbocycles. The quantitative estimate of drug-likeness (QED) is 0.319. The fourth-order valence-electron chi connectivity index (χ4n) is 4.64. The number of benzene rings is 3. The second kappa shape index (κ2) is 13.1. The third-order valence-corrected chi connectivity index (χ3v) is 8.90. The highest BCUT2D eigenvalue weighted by Gasteiger charge is 2.41. The van der Waals surface area contributed by atoms with Gasteiger partial charge in [-0.05, 0) is 41.8 Å². The van der Waals surface area contributed by atoms with Crippen LogP contribution in [-0.2, 0) is 32.6 Å². The predicted molar refractivity (Wildman–Crippen MR) is 153 cm³/mol. The molecule has 0 saturated carbocycles. The Labute approximate surface area is 240 Å². The van der Waals surface area contributed by atoms with E-state index in [2.05, 4.69) is 5.32 Å². The van der Waals surface area contributed by atoms with Crippen molar-refractivity contribution in [2.24, 2.45) is 0 Å². The van der Waals surface area contributed by atoms with Gasteiger partial charge >= 0.3 is 0 Å². The molecule has 0 fully saturated rings. The number of unbranched alkanes of at least 4 members (excludes halogenated alkanes) is 1. The molecule has 40 heavy (non-hydrogen) atoms. The molecule has 210 valence electrons. The van der Waals surface area contributed by atoms with Gasteiger partial charge in [-0.3, -0.25) is 14.4 Å². The Morgan fingerprint density at radius 2 is 1.62 bits per heavy atom. The predicted octanol–water partition coefficient (Wildman–Crippen LogP) is 4.43. The lowest BCUT2D eigenvalue weighted by Crippen LogP contribution is -2.51. The number of carbonyl (C=O) groups is 3. The van der Waals surface area contributed by atoms with Gasteiger partial charge in [-0.2, -0.15) is 0 Å². The van der Waals surface area contributed by atoms with Crippen LogP contribution in [0.15, 0.2) is 83.8 Å². The maximum atomic E-state index is 13.8. The molecule has 3 amide bonds. The molecule has 0 aliphatic carbocycles. The van der Waals surface area contributed by atoms with Crippen molar-refractivity contribution >= 4 is 39.3 Å². The largest absolute Gasteiger partial charge is 0.354 e. The molecular formula is C30H32ClN3O5S. The number of fused-ring (bicyclic) bond motifs is 1. The molecular weight excluding hydrogens is 550 g/mol. The van der Waals surface area contributed by atoms with E-state index in [9.17, 15) is 22.8 Å². The first-order valence-corrected chi connectivity index (χ1v) is 15.1. The first-order valence-electron chi connectivity index (χ1n) is 13.2. The minimum atomic E-state index is -4.06. The minimum absolute atomic E-state index is 0.0669. The van der Waals surface area contributed by atoms with Crippen LogP contribution >= 0.6 is 11.6 Å². The summed E-state index contributed by atoms with van der Waals surface area (Å²) < 4.78 is 26.8. The van der Waals surface area contributed by atoms with Gasteiger partial charge in [0.2, 0.25) is 11.8 Å². The number of hydrogen-bond acceptors (Lipinski definition) is 5. The average molecular weight is 582 g/mol. The molecule has 0 spiro atoms. The summed E-state index contributed by atoms with van der Waals surface area (Å²) in [4.78, 5) is 41.6. The van der Waals surface area contributed by atoms with Crippen LogP contribution in [0.3, 0.4) is 0 Å². The summed E-state index contributed by atoms with van der Waals surface area (Å²) in [5.74, 6) is -1.40. The Morgan fingerprint density at radius 3 is 2.30 bits per heavy atom. The van der Waals surface area contributed by atoms with E-state index in [1.54, 1.807) is 36.4 Å². The smallest absolute Gasteiger partial charge is 0.269 e. The molecule has 0 bridgehead atoms. The molecule has 0 aromatic heterocycles. The number of halogens is 1. The van der Waals surface area contributed by atoms with Crippen LogP contribution in [0.5, 0.6) is 0 Å². The third-order valence-electron chi connectivity index (χ3n) is 6.81. The van der Waals surface area contributed by atoms with Gasteiger partial charge in [0.15, 0.2) is 0 Å². The van der Waals surface area contributed by atoms with E-state index in [1.165, 1.54) is 17.0 Å². The lowest BCUT2D eigenvalue weighted by molar-refractivity contribution is -0.141. The molecule has 1 heterocycles. The molecule has 0 radical (unpaired) electrons. The van der Waals surface area contributed by atoms with Gasteiger partial charge in [0.05, 0.1) is 5.56 Å². The highest BCUT2D eigenvalue weighted by molar-refractivity contribution is 7.90. The molecule has 1 aliphatic heterocycles. The highest BCUT2D eigenvalue weighted by Crippen LogP contribution is 2.30. The molecule has 1 atom stereocenters. The second-order valence-electron chi connectivity index (χ2n) is 9.63. The van der Waals surface area contributed by atoms with E-state index >= 15 is 0 Å². The number of amides is 3. The van der Waals surface area contributed by atoms with Crippen molar-refractivity contribution in [2.45, 2.75) is 50.1 Å². The zero-order valence-electron chi connectivity index (χ0n) is 22.3. The second-order valence-corrected chi connectivity index (χ2v) is 11.9. The summed E-state index contributed by atoms with van der Waals surface area (Å²) in [7, 11) is -4.06. The van der Waals surface area contributed by atoms with E-state index in [4.69, 9.17) is 11.6 Å². The van der Waals surface area contributed by atoms with E-state index < -0.39 is 27.9 Å². The number of rotatable bonds is 12. The van der Waals surface area contributed by atoms with Gasteiger partial charge in [0.25, 0.3) is 15.9 Å². The maximum Gasteiger partial charge on any atom is 0.269 e. The first-order chi connectivity index (χ1) is 19.2. The summed E-state index contributed by atoms with van der Waals surface area (Å²) in [6.45, 7) is 2.27. The van der Waals surface area contributed by atoms with Crippen LogP contribution in [0, 0.1) is 0 Å². The van der Waals surface area contributed by atoms with Gasteiger partial charge in [-0.1, -0.05) is 79.5 Å². The first kappa shape index (κ1) is 29.3. The van der Waals surface area contributed by atoms with Gasteiger partial charge < -0.3 is 10.2 Å². The molecule has 1 unspecified atom stereocenters. The summed E-state index contributed by atoms with van der Waals surface area (Å²) in [6.07, 6.45) is 1.69. The van der Waals surface area contributed by atoms with Crippen molar-refractivity contribution in [1.82, 2.24) is 14.5 Å². The summed E-state index contributed by atoms with van der Waals surface area (Å²) in [6, 6.07) is 21.5. The lowest BCUT2D eigenvalue weighted by Gasteiger charge is -2.32. The van der Waals surface area contributed by atoms with Gasteiger partial charge in [-0.15, -0.1) is 0 Å². The van der Waals surface area contributed by atoms with Crippen LogP contribution < -0.4 is 5.32 Å².